The highest BCUT2D eigenvalue weighted by molar-refractivity contribution is 7.17. The Bertz CT molecular complexity index is 1350. The van der Waals surface area contributed by atoms with E-state index in [-0.39, 0.29) is 21.3 Å². The molecule has 1 N–H and O–H groups in total. The zero-order valence-electron chi connectivity index (χ0n) is 19.1. The molecule has 0 spiro atoms. The number of ketones is 1. The van der Waals surface area contributed by atoms with Crippen molar-refractivity contribution < 1.29 is 29.0 Å². The fourth-order valence-corrected chi connectivity index (χ4v) is 5.03. The number of Topliss-reactive ketones (excluding diaryl/α,β-unsaturated/α-hetero) is 1. The molecule has 3 aromatic rings. The average Bonchev–Trinajstić information content (AvgIpc) is 3.35. The Hall–Kier alpha value is -3.69. The predicted molar refractivity (Wildman–Crippen MR) is 132 cm³/mol. The first kappa shape index (κ1) is 24.4. The number of hydrogen-bond acceptors (Lipinski definition) is 8. The molecule has 0 saturated carbocycles. The van der Waals surface area contributed by atoms with Gasteiger partial charge in [-0.2, -0.15) is 0 Å². The predicted octanol–water partition coefficient (Wildman–Crippen LogP) is 4.92. The van der Waals surface area contributed by atoms with Gasteiger partial charge < -0.3 is 14.6 Å². The number of aryl methyl sites for hydroxylation is 1. The highest BCUT2D eigenvalue weighted by Crippen LogP contribution is 2.44. The number of carbonyl (C=O) groups excluding carboxylic acids is 3. The molecular weight excluding hydrogens is 492 g/mol. The molecule has 0 radical (unpaired) electrons. The van der Waals surface area contributed by atoms with E-state index in [2.05, 4.69) is 4.98 Å². The number of nitrogens with zero attached hydrogens (tertiary/aromatic N) is 2. The van der Waals surface area contributed by atoms with Crippen molar-refractivity contribution in [2.75, 3.05) is 18.6 Å². The lowest BCUT2D eigenvalue weighted by atomic mass is 9.95. The van der Waals surface area contributed by atoms with Gasteiger partial charge in [0.15, 0.2) is 5.13 Å². The summed E-state index contributed by atoms with van der Waals surface area (Å²) in [5.41, 5.74) is 1.07. The van der Waals surface area contributed by atoms with Gasteiger partial charge in [-0.05, 0) is 55.8 Å². The molecule has 0 aliphatic carbocycles. The number of amides is 1. The van der Waals surface area contributed by atoms with Crippen molar-refractivity contribution in [3.05, 3.63) is 80.8 Å². The monoisotopic (exact) mass is 512 g/mol. The van der Waals surface area contributed by atoms with Crippen LogP contribution in [-0.2, 0) is 14.3 Å². The molecular formula is C25H21ClN2O6S. The van der Waals surface area contributed by atoms with Crippen LogP contribution < -0.4 is 9.64 Å². The minimum Gasteiger partial charge on any atom is -0.507 e. The minimum atomic E-state index is -1.02. The fourth-order valence-electron chi connectivity index (χ4n) is 3.82. The molecule has 35 heavy (non-hydrogen) atoms. The molecule has 1 aromatic heterocycles. The summed E-state index contributed by atoms with van der Waals surface area (Å²) >= 11 is 7.14. The number of benzene rings is 2. The Morgan fingerprint density at radius 1 is 1.20 bits per heavy atom. The molecule has 8 nitrogen and oxygen atoms in total. The van der Waals surface area contributed by atoms with Crippen LogP contribution >= 0.6 is 22.9 Å². The number of hydrogen-bond donors (Lipinski definition) is 1. The molecule has 1 atom stereocenters. The minimum absolute atomic E-state index is 0.117. The summed E-state index contributed by atoms with van der Waals surface area (Å²) in [6.45, 7) is 3.94. The van der Waals surface area contributed by atoms with E-state index in [0.29, 0.717) is 34.2 Å². The Morgan fingerprint density at radius 3 is 2.54 bits per heavy atom. The summed E-state index contributed by atoms with van der Waals surface area (Å²) in [6.07, 6.45) is 0. The molecule has 2 heterocycles. The SMILES string of the molecule is CCOc1ccc(C(O)=C2C(=O)C(=O)N(c3nc(C)c(C(=O)OC)s3)[C@H]2c2cccc(Cl)c2)cc1. The molecule has 0 bridgehead atoms. The number of carbonyl (C=O) groups is 3. The quantitative estimate of drug-likeness (QED) is 0.216. The lowest BCUT2D eigenvalue weighted by molar-refractivity contribution is -0.132. The number of anilines is 1. The third-order valence-electron chi connectivity index (χ3n) is 5.41. The summed E-state index contributed by atoms with van der Waals surface area (Å²) < 4.78 is 10.2. The molecule has 4 rings (SSSR count). The number of aromatic nitrogens is 1. The van der Waals surface area contributed by atoms with Gasteiger partial charge in [0.25, 0.3) is 5.78 Å². The smallest absolute Gasteiger partial charge is 0.350 e. The first-order valence-electron chi connectivity index (χ1n) is 10.6. The van der Waals surface area contributed by atoms with Gasteiger partial charge >= 0.3 is 11.9 Å². The van der Waals surface area contributed by atoms with Gasteiger partial charge in [-0.15, -0.1) is 0 Å². The maximum absolute atomic E-state index is 13.2. The Balaban J connectivity index is 1.90. The fraction of sp³-hybridized carbons (Fsp3) is 0.200. The lowest BCUT2D eigenvalue weighted by Gasteiger charge is -2.23. The summed E-state index contributed by atoms with van der Waals surface area (Å²) in [5.74, 6) is -2.11. The van der Waals surface area contributed by atoms with E-state index in [1.165, 1.54) is 12.0 Å². The second-order valence-electron chi connectivity index (χ2n) is 7.58. The summed E-state index contributed by atoms with van der Waals surface area (Å²) in [7, 11) is 1.25. The van der Waals surface area contributed by atoms with E-state index in [9.17, 15) is 19.5 Å². The van der Waals surface area contributed by atoms with Gasteiger partial charge in [-0.3, -0.25) is 14.5 Å². The van der Waals surface area contributed by atoms with Gasteiger partial charge in [-0.25, -0.2) is 9.78 Å². The Kier molecular flexibility index (Phi) is 6.90. The topological polar surface area (TPSA) is 106 Å². The number of ether oxygens (including phenoxy) is 2. The van der Waals surface area contributed by atoms with Crippen molar-refractivity contribution in [1.29, 1.82) is 0 Å². The number of thiazole rings is 1. The van der Waals surface area contributed by atoms with Crippen LogP contribution in [0.4, 0.5) is 5.13 Å². The van der Waals surface area contributed by atoms with Crippen LogP contribution in [0.25, 0.3) is 5.76 Å². The maximum Gasteiger partial charge on any atom is 0.350 e. The number of methoxy groups -OCH3 is 1. The Morgan fingerprint density at radius 2 is 1.91 bits per heavy atom. The number of rotatable bonds is 6. The van der Waals surface area contributed by atoms with Gasteiger partial charge in [0, 0.05) is 10.6 Å². The van der Waals surface area contributed by atoms with Gasteiger partial charge in [-0.1, -0.05) is 35.1 Å². The van der Waals surface area contributed by atoms with Crippen LogP contribution in [-0.4, -0.2) is 41.5 Å². The van der Waals surface area contributed by atoms with Crippen molar-refractivity contribution in [1.82, 2.24) is 4.98 Å². The van der Waals surface area contributed by atoms with Crippen molar-refractivity contribution in [2.45, 2.75) is 19.9 Å². The normalized spacial score (nSPS) is 17.0. The van der Waals surface area contributed by atoms with Crippen LogP contribution in [0.1, 0.15) is 39.5 Å². The van der Waals surface area contributed by atoms with E-state index in [0.717, 1.165) is 11.3 Å². The first-order chi connectivity index (χ1) is 16.8. The van der Waals surface area contributed by atoms with Gasteiger partial charge in [0.2, 0.25) is 0 Å². The number of aliphatic hydroxyl groups is 1. The van der Waals surface area contributed by atoms with Gasteiger partial charge in [0.05, 0.1) is 31.0 Å². The maximum atomic E-state index is 13.2. The number of halogens is 1. The summed E-state index contributed by atoms with van der Waals surface area (Å²) in [6, 6.07) is 12.2. The Labute approximate surface area is 210 Å². The highest BCUT2D eigenvalue weighted by Gasteiger charge is 2.48. The third-order valence-corrected chi connectivity index (χ3v) is 6.78. The zero-order chi connectivity index (χ0) is 25.3. The largest absolute Gasteiger partial charge is 0.507 e. The van der Waals surface area contributed by atoms with E-state index in [1.807, 2.05) is 6.92 Å². The van der Waals surface area contributed by atoms with Crippen molar-refractivity contribution in [3.8, 4) is 5.75 Å². The van der Waals surface area contributed by atoms with Crippen LogP contribution in [0.15, 0.2) is 54.1 Å². The van der Waals surface area contributed by atoms with E-state index in [1.54, 1.807) is 55.5 Å². The molecule has 1 fully saturated rings. The van der Waals surface area contributed by atoms with Crippen molar-refractivity contribution in [2.24, 2.45) is 0 Å². The van der Waals surface area contributed by atoms with E-state index >= 15 is 0 Å². The van der Waals surface area contributed by atoms with Crippen LogP contribution in [0, 0.1) is 6.92 Å². The van der Waals surface area contributed by atoms with Crippen LogP contribution in [0.2, 0.25) is 5.02 Å². The lowest BCUT2D eigenvalue weighted by Crippen LogP contribution is -2.29. The van der Waals surface area contributed by atoms with E-state index < -0.39 is 23.7 Å². The van der Waals surface area contributed by atoms with Crippen molar-refractivity contribution >= 4 is 51.5 Å². The molecule has 180 valence electrons. The molecule has 10 heteroatoms. The molecule has 1 aliphatic rings. The number of aliphatic hydroxyl groups excluding tert-OH is 1. The molecule has 1 aliphatic heterocycles. The summed E-state index contributed by atoms with van der Waals surface area (Å²) in [5, 5.41) is 11.7. The van der Waals surface area contributed by atoms with E-state index in [4.69, 9.17) is 21.1 Å². The molecule has 2 aromatic carbocycles. The standard InChI is InChI=1S/C25H21ClN2O6S/c1-4-34-17-10-8-14(9-11-17)20(29)18-19(15-6-5-7-16(26)12-15)28(23(31)21(18)30)25-27-13(2)22(35-25)24(32)33-3/h5-12,19,29H,4H2,1-3H3/t19-/m0/s1. The highest BCUT2D eigenvalue weighted by atomic mass is 35.5. The van der Waals surface area contributed by atoms with Crippen LogP contribution in [0.3, 0.4) is 0 Å². The average molecular weight is 513 g/mol. The van der Waals surface area contributed by atoms with Gasteiger partial charge in [0.1, 0.15) is 16.4 Å². The molecule has 1 amide bonds. The second kappa shape index (κ2) is 9.89. The zero-order valence-corrected chi connectivity index (χ0v) is 20.6. The molecule has 1 saturated heterocycles. The number of esters is 1. The second-order valence-corrected chi connectivity index (χ2v) is 9.00. The first-order valence-corrected chi connectivity index (χ1v) is 11.8. The molecule has 0 unspecified atom stereocenters. The van der Waals surface area contributed by atoms with Crippen LogP contribution in [0.5, 0.6) is 5.75 Å². The van der Waals surface area contributed by atoms with Crippen molar-refractivity contribution in [3.63, 3.8) is 0 Å². The summed E-state index contributed by atoms with van der Waals surface area (Å²) in [4.78, 5) is 44.4. The third kappa shape index (κ3) is 4.52.